The van der Waals surface area contributed by atoms with E-state index < -0.39 is 0 Å². The zero-order valence-corrected chi connectivity index (χ0v) is 17.1. The van der Waals surface area contributed by atoms with Gasteiger partial charge in [0, 0.05) is 23.6 Å². The van der Waals surface area contributed by atoms with Gasteiger partial charge >= 0.3 is 0 Å². The molecule has 0 bridgehead atoms. The minimum atomic E-state index is -0.259. The van der Waals surface area contributed by atoms with Gasteiger partial charge in [0.1, 0.15) is 5.75 Å². The van der Waals surface area contributed by atoms with Crippen molar-refractivity contribution in [1.82, 2.24) is 14.8 Å². The molecule has 0 aliphatic carbocycles. The molecule has 4 aromatic rings. The second-order valence-corrected chi connectivity index (χ2v) is 6.99. The quantitative estimate of drug-likeness (QED) is 0.524. The molecule has 0 spiro atoms. The number of para-hydroxylation sites is 1. The first-order valence-electron chi connectivity index (χ1n) is 9.59. The van der Waals surface area contributed by atoms with Gasteiger partial charge in [-0.15, -0.1) is 0 Å². The first kappa shape index (κ1) is 19.4. The highest BCUT2D eigenvalue weighted by molar-refractivity contribution is 6.04. The predicted octanol–water partition coefficient (Wildman–Crippen LogP) is 4.81. The molecular weight excluding hydrogens is 376 g/mol. The number of hydrogen-bond donors (Lipinski definition) is 1. The lowest BCUT2D eigenvalue weighted by Gasteiger charge is -2.10. The fourth-order valence-electron chi connectivity index (χ4n) is 3.32. The summed E-state index contributed by atoms with van der Waals surface area (Å²) in [4.78, 5) is 17.2. The Bertz CT molecular complexity index is 1160. The smallest absolute Gasteiger partial charge is 0.276 e. The average molecular weight is 398 g/mol. The molecule has 2 heterocycles. The molecule has 150 valence electrons. The first-order valence-corrected chi connectivity index (χ1v) is 9.59. The van der Waals surface area contributed by atoms with Crippen LogP contribution in [-0.4, -0.2) is 27.8 Å². The van der Waals surface area contributed by atoms with E-state index in [9.17, 15) is 4.79 Å². The van der Waals surface area contributed by atoms with E-state index in [-0.39, 0.29) is 5.91 Å². The van der Waals surface area contributed by atoms with Gasteiger partial charge in [-0.1, -0.05) is 18.2 Å². The summed E-state index contributed by atoms with van der Waals surface area (Å²) < 4.78 is 6.99. The lowest BCUT2D eigenvalue weighted by Crippen LogP contribution is -2.15. The summed E-state index contributed by atoms with van der Waals surface area (Å²) in [6, 6.07) is 19.0. The Kier molecular flexibility index (Phi) is 5.30. The second-order valence-electron chi connectivity index (χ2n) is 6.99. The van der Waals surface area contributed by atoms with E-state index >= 15 is 0 Å². The molecule has 0 fully saturated rings. The monoisotopic (exact) mass is 398 g/mol. The van der Waals surface area contributed by atoms with Crippen molar-refractivity contribution in [2.75, 3.05) is 12.4 Å². The number of nitrogens with zero attached hydrogens (tertiary/aromatic N) is 3. The number of benzene rings is 2. The summed E-state index contributed by atoms with van der Waals surface area (Å²) >= 11 is 0. The van der Waals surface area contributed by atoms with E-state index in [1.165, 1.54) is 0 Å². The number of ether oxygens (including phenoxy) is 1. The van der Waals surface area contributed by atoms with Crippen LogP contribution >= 0.6 is 0 Å². The van der Waals surface area contributed by atoms with Gasteiger partial charge in [0.2, 0.25) is 0 Å². The number of hydrogen-bond acceptors (Lipinski definition) is 4. The third-order valence-electron chi connectivity index (χ3n) is 4.94. The Hall–Kier alpha value is -3.93. The van der Waals surface area contributed by atoms with Crippen LogP contribution in [0.3, 0.4) is 0 Å². The predicted molar refractivity (Wildman–Crippen MR) is 117 cm³/mol. The van der Waals surface area contributed by atoms with Gasteiger partial charge in [-0.25, -0.2) is 4.68 Å². The fraction of sp³-hybridized carbons (Fsp3) is 0.125. The Labute approximate surface area is 175 Å². The maximum absolute atomic E-state index is 13.0. The molecular formula is C24H22N4O2. The second kappa shape index (κ2) is 8.21. The normalized spacial score (nSPS) is 10.6. The third kappa shape index (κ3) is 3.80. The molecule has 6 heteroatoms. The summed E-state index contributed by atoms with van der Waals surface area (Å²) in [5.41, 5.74) is 5.61. The van der Waals surface area contributed by atoms with Crippen molar-refractivity contribution in [3.05, 3.63) is 89.9 Å². The highest BCUT2D eigenvalue weighted by atomic mass is 16.5. The molecule has 2 aromatic heterocycles. The molecule has 0 unspecified atom stereocenters. The molecule has 6 nitrogen and oxygen atoms in total. The molecule has 1 N–H and O–H groups in total. The number of methoxy groups -OCH3 is 1. The average Bonchev–Trinajstić information content (AvgIpc) is 3.23. The molecule has 0 saturated heterocycles. The molecule has 30 heavy (non-hydrogen) atoms. The Morgan fingerprint density at radius 3 is 2.37 bits per heavy atom. The SMILES string of the molecule is COc1ccc(-n2nc(C(=O)Nc3c(C)cccc3C)cc2-c2cccnc2)cc1. The maximum atomic E-state index is 13.0. The number of aromatic nitrogens is 3. The molecule has 2 aromatic carbocycles. The molecule has 4 rings (SSSR count). The molecule has 1 amide bonds. The maximum Gasteiger partial charge on any atom is 0.276 e. The van der Waals surface area contributed by atoms with Crippen molar-refractivity contribution < 1.29 is 9.53 Å². The van der Waals surface area contributed by atoms with Crippen LogP contribution in [0.5, 0.6) is 5.75 Å². The Morgan fingerprint density at radius 2 is 1.73 bits per heavy atom. The summed E-state index contributed by atoms with van der Waals surface area (Å²) in [6.45, 7) is 3.94. The van der Waals surface area contributed by atoms with Gasteiger partial charge in [-0.3, -0.25) is 9.78 Å². The van der Waals surface area contributed by atoms with Gasteiger partial charge in [0.25, 0.3) is 5.91 Å². The standard InChI is InChI=1S/C24H22N4O2/c1-16-6-4-7-17(2)23(16)26-24(29)21-14-22(18-8-5-13-25-15-18)28(27-21)19-9-11-20(30-3)12-10-19/h4-15H,1-3H3,(H,26,29). The zero-order chi connectivity index (χ0) is 21.1. The van der Waals surface area contributed by atoms with Crippen LogP contribution in [0, 0.1) is 13.8 Å². The highest BCUT2D eigenvalue weighted by Gasteiger charge is 2.18. The third-order valence-corrected chi connectivity index (χ3v) is 4.94. The minimum Gasteiger partial charge on any atom is -0.497 e. The molecule has 0 radical (unpaired) electrons. The largest absolute Gasteiger partial charge is 0.497 e. The van der Waals surface area contributed by atoms with Crippen LogP contribution in [0.4, 0.5) is 5.69 Å². The minimum absolute atomic E-state index is 0.259. The summed E-state index contributed by atoms with van der Waals surface area (Å²) in [7, 11) is 1.62. The van der Waals surface area contributed by atoms with Crippen LogP contribution in [-0.2, 0) is 0 Å². The van der Waals surface area contributed by atoms with Crippen LogP contribution in [0.25, 0.3) is 16.9 Å². The zero-order valence-electron chi connectivity index (χ0n) is 17.1. The molecule has 0 aliphatic rings. The number of aryl methyl sites for hydroxylation is 2. The van der Waals surface area contributed by atoms with E-state index in [2.05, 4.69) is 15.4 Å². The number of carbonyl (C=O) groups excluding carboxylic acids is 1. The number of carbonyl (C=O) groups is 1. The van der Waals surface area contributed by atoms with Crippen LogP contribution < -0.4 is 10.1 Å². The van der Waals surface area contributed by atoms with Gasteiger partial charge in [0.05, 0.1) is 18.5 Å². The van der Waals surface area contributed by atoms with Crippen molar-refractivity contribution in [2.24, 2.45) is 0 Å². The van der Waals surface area contributed by atoms with E-state index in [1.807, 2.05) is 68.4 Å². The van der Waals surface area contributed by atoms with Crippen LogP contribution in [0.15, 0.2) is 73.1 Å². The van der Waals surface area contributed by atoms with E-state index in [1.54, 1.807) is 30.3 Å². The van der Waals surface area contributed by atoms with Crippen molar-refractivity contribution in [3.8, 4) is 22.7 Å². The first-order chi connectivity index (χ1) is 14.6. The van der Waals surface area contributed by atoms with Gasteiger partial charge < -0.3 is 10.1 Å². The Morgan fingerprint density at radius 1 is 1.00 bits per heavy atom. The van der Waals surface area contributed by atoms with E-state index in [0.717, 1.165) is 39.5 Å². The van der Waals surface area contributed by atoms with Gasteiger partial charge in [-0.05, 0) is 67.4 Å². The molecule has 0 saturated carbocycles. The van der Waals surface area contributed by atoms with E-state index in [4.69, 9.17) is 4.74 Å². The lowest BCUT2D eigenvalue weighted by molar-refractivity contribution is 0.102. The number of nitrogens with one attached hydrogen (secondary N) is 1. The fourth-order valence-corrected chi connectivity index (χ4v) is 3.32. The molecule has 0 atom stereocenters. The van der Waals surface area contributed by atoms with Gasteiger partial charge in [0.15, 0.2) is 5.69 Å². The van der Waals surface area contributed by atoms with E-state index in [0.29, 0.717) is 5.69 Å². The van der Waals surface area contributed by atoms with Crippen LogP contribution in [0.1, 0.15) is 21.6 Å². The number of pyridine rings is 1. The summed E-state index contributed by atoms with van der Waals surface area (Å²) in [6.07, 6.45) is 3.47. The Balaban J connectivity index is 1.76. The van der Waals surface area contributed by atoms with Crippen LogP contribution in [0.2, 0.25) is 0 Å². The number of amides is 1. The van der Waals surface area contributed by atoms with Crippen molar-refractivity contribution in [1.29, 1.82) is 0 Å². The number of rotatable bonds is 5. The van der Waals surface area contributed by atoms with Crippen molar-refractivity contribution >= 4 is 11.6 Å². The topological polar surface area (TPSA) is 69.0 Å². The molecule has 0 aliphatic heterocycles. The number of anilines is 1. The highest BCUT2D eigenvalue weighted by Crippen LogP contribution is 2.26. The van der Waals surface area contributed by atoms with Crippen molar-refractivity contribution in [2.45, 2.75) is 13.8 Å². The summed E-state index contributed by atoms with van der Waals surface area (Å²) in [5, 5.41) is 7.61. The lowest BCUT2D eigenvalue weighted by atomic mass is 10.1. The van der Waals surface area contributed by atoms with Crippen molar-refractivity contribution in [3.63, 3.8) is 0 Å². The van der Waals surface area contributed by atoms with Gasteiger partial charge in [-0.2, -0.15) is 5.10 Å². The summed E-state index contributed by atoms with van der Waals surface area (Å²) in [5.74, 6) is 0.492.